The lowest BCUT2D eigenvalue weighted by Gasteiger charge is -2.18. The fourth-order valence-corrected chi connectivity index (χ4v) is 8.96. The lowest BCUT2D eigenvalue weighted by Crippen LogP contribution is -2.30. The van der Waals surface area contributed by atoms with Gasteiger partial charge in [-0.1, -0.05) is 281 Å². The van der Waals surface area contributed by atoms with E-state index >= 15 is 0 Å². The van der Waals surface area contributed by atoms with Crippen LogP contribution in [0.5, 0.6) is 0 Å². The van der Waals surface area contributed by atoms with Gasteiger partial charge in [-0.3, -0.25) is 14.4 Å². The molecule has 0 aromatic carbocycles. The molecule has 1 unspecified atom stereocenters. The van der Waals surface area contributed by atoms with Gasteiger partial charge in [-0.2, -0.15) is 0 Å². The second-order valence-corrected chi connectivity index (χ2v) is 20.7. The number of carbonyl (C=O) groups is 3. The Balaban J connectivity index is 4.41. The number of allylic oxidation sites excluding steroid dienone is 8. The van der Waals surface area contributed by atoms with Crippen LogP contribution in [-0.2, 0) is 28.6 Å². The molecule has 0 aliphatic carbocycles. The van der Waals surface area contributed by atoms with Gasteiger partial charge in [0.2, 0.25) is 0 Å². The summed E-state index contributed by atoms with van der Waals surface area (Å²) < 4.78 is 16.9. The molecule has 0 amide bonds. The maximum atomic E-state index is 12.9. The molecule has 0 spiro atoms. The summed E-state index contributed by atoms with van der Waals surface area (Å²) in [4.78, 5) is 38.2. The highest BCUT2D eigenvalue weighted by Crippen LogP contribution is 2.17. The number of rotatable bonds is 56. The van der Waals surface area contributed by atoms with Crippen LogP contribution in [0.1, 0.15) is 323 Å². The van der Waals surface area contributed by atoms with Gasteiger partial charge in [0.1, 0.15) is 13.2 Å². The van der Waals surface area contributed by atoms with E-state index in [9.17, 15) is 14.4 Å². The third-order valence-electron chi connectivity index (χ3n) is 13.6. The zero-order chi connectivity index (χ0) is 50.7. The first-order valence-corrected chi connectivity index (χ1v) is 30.7. The van der Waals surface area contributed by atoms with Crippen LogP contribution < -0.4 is 0 Å². The maximum absolute atomic E-state index is 12.9. The van der Waals surface area contributed by atoms with Gasteiger partial charge >= 0.3 is 17.9 Å². The maximum Gasteiger partial charge on any atom is 0.306 e. The highest BCUT2D eigenvalue weighted by molar-refractivity contribution is 5.71. The van der Waals surface area contributed by atoms with E-state index in [1.807, 2.05) is 0 Å². The van der Waals surface area contributed by atoms with Crippen LogP contribution in [0.3, 0.4) is 0 Å². The Morgan fingerprint density at radius 3 is 0.771 bits per heavy atom. The molecule has 0 fully saturated rings. The summed E-state index contributed by atoms with van der Waals surface area (Å²) in [6.07, 6.45) is 72.5. The average molecular weight is 982 g/mol. The normalized spacial score (nSPS) is 12.3. The average Bonchev–Trinajstić information content (AvgIpc) is 3.36. The van der Waals surface area contributed by atoms with E-state index in [1.54, 1.807) is 0 Å². The van der Waals surface area contributed by atoms with Gasteiger partial charge < -0.3 is 14.2 Å². The van der Waals surface area contributed by atoms with E-state index in [4.69, 9.17) is 14.2 Å². The Bertz CT molecular complexity index is 1220. The Morgan fingerprint density at radius 1 is 0.286 bits per heavy atom. The van der Waals surface area contributed by atoms with Crippen molar-refractivity contribution in [2.24, 2.45) is 0 Å². The molecule has 0 heterocycles. The molecule has 6 heteroatoms. The summed E-state index contributed by atoms with van der Waals surface area (Å²) >= 11 is 0. The molecular formula is C64H116O6. The number of hydrogen-bond acceptors (Lipinski definition) is 6. The van der Waals surface area contributed by atoms with Gasteiger partial charge in [0, 0.05) is 19.3 Å². The summed E-state index contributed by atoms with van der Waals surface area (Å²) in [5.41, 5.74) is 0. The fourth-order valence-electron chi connectivity index (χ4n) is 8.96. The molecule has 0 aliphatic heterocycles. The molecule has 6 nitrogen and oxygen atoms in total. The molecule has 1 atom stereocenters. The van der Waals surface area contributed by atoms with E-state index in [0.717, 1.165) is 89.9 Å². The van der Waals surface area contributed by atoms with Crippen molar-refractivity contribution in [1.29, 1.82) is 0 Å². The van der Waals surface area contributed by atoms with Crippen LogP contribution in [0.25, 0.3) is 0 Å². The molecule has 0 aliphatic rings. The lowest BCUT2D eigenvalue weighted by molar-refractivity contribution is -0.167. The van der Waals surface area contributed by atoms with Gasteiger partial charge in [0.15, 0.2) is 6.10 Å². The summed E-state index contributed by atoms with van der Waals surface area (Å²) in [6, 6.07) is 0. The largest absolute Gasteiger partial charge is 0.462 e. The molecule has 408 valence electrons. The molecular weight excluding hydrogens is 865 g/mol. The first-order chi connectivity index (χ1) is 34.5. The zero-order valence-electron chi connectivity index (χ0n) is 46.8. The summed E-state index contributed by atoms with van der Waals surface area (Å²) in [6.45, 7) is 6.64. The SMILES string of the molecule is CCCCCCCCC/C=C\C=C/CCCCCCCC(=O)OCC(COC(=O)CCCCC/C=C\C=C/CCCCCCCCC)OC(=O)CCCCCCCCCCCCCCCCCCCC. The van der Waals surface area contributed by atoms with Crippen LogP contribution in [-0.4, -0.2) is 37.2 Å². The highest BCUT2D eigenvalue weighted by Gasteiger charge is 2.19. The predicted octanol–water partition coefficient (Wildman–Crippen LogP) is 20.6. The lowest BCUT2D eigenvalue weighted by atomic mass is 10.0. The smallest absolute Gasteiger partial charge is 0.306 e. The number of unbranched alkanes of at least 4 members (excludes halogenated alkanes) is 39. The van der Waals surface area contributed by atoms with Gasteiger partial charge in [0.25, 0.3) is 0 Å². The Morgan fingerprint density at radius 2 is 0.500 bits per heavy atom. The fraction of sp³-hybridized carbons (Fsp3) is 0.828. The van der Waals surface area contributed by atoms with Crippen LogP contribution in [0.2, 0.25) is 0 Å². The van der Waals surface area contributed by atoms with Crippen LogP contribution in [0.4, 0.5) is 0 Å². The second kappa shape index (κ2) is 58.9. The molecule has 0 aromatic rings. The number of hydrogen-bond donors (Lipinski definition) is 0. The Hall–Kier alpha value is -2.63. The molecule has 0 saturated carbocycles. The molecule has 0 N–H and O–H groups in total. The Labute approximate surface area is 435 Å². The zero-order valence-corrected chi connectivity index (χ0v) is 46.8. The van der Waals surface area contributed by atoms with E-state index in [-0.39, 0.29) is 31.1 Å². The summed E-state index contributed by atoms with van der Waals surface area (Å²) in [5.74, 6) is -0.908. The van der Waals surface area contributed by atoms with E-state index in [0.29, 0.717) is 19.3 Å². The number of ether oxygens (including phenoxy) is 3. The van der Waals surface area contributed by atoms with Crippen molar-refractivity contribution in [2.75, 3.05) is 13.2 Å². The molecule has 0 aromatic heterocycles. The number of esters is 3. The first kappa shape index (κ1) is 67.4. The minimum Gasteiger partial charge on any atom is -0.462 e. The third-order valence-corrected chi connectivity index (χ3v) is 13.6. The topological polar surface area (TPSA) is 78.9 Å². The summed E-state index contributed by atoms with van der Waals surface area (Å²) in [5, 5.41) is 0. The van der Waals surface area contributed by atoms with Gasteiger partial charge in [-0.05, 0) is 70.6 Å². The van der Waals surface area contributed by atoms with E-state index < -0.39 is 6.10 Å². The van der Waals surface area contributed by atoms with Crippen LogP contribution >= 0.6 is 0 Å². The van der Waals surface area contributed by atoms with Crippen molar-refractivity contribution in [3.63, 3.8) is 0 Å². The minimum absolute atomic E-state index is 0.0867. The van der Waals surface area contributed by atoms with Crippen molar-refractivity contribution in [3.8, 4) is 0 Å². The first-order valence-electron chi connectivity index (χ1n) is 30.7. The quantitative estimate of drug-likeness (QED) is 0.0261. The molecule has 0 bridgehead atoms. The van der Waals surface area contributed by atoms with Crippen molar-refractivity contribution in [2.45, 2.75) is 329 Å². The van der Waals surface area contributed by atoms with E-state index in [2.05, 4.69) is 69.4 Å². The Kier molecular flexibility index (Phi) is 56.7. The second-order valence-electron chi connectivity index (χ2n) is 20.7. The van der Waals surface area contributed by atoms with Crippen molar-refractivity contribution in [3.05, 3.63) is 48.6 Å². The summed E-state index contributed by atoms with van der Waals surface area (Å²) in [7, 11) is 0. The van der Waals surface area contributed by atoms with Crippen molar-refractivity contribution < 1.29 is 28.6 Å². The van der Waals surface area contributed by atoms with E-state index in [1.165, 1.54) is 193 Å². The number of carbonyl (C=O) groups excluding carboxylic acids is 3. The monoisotopic (exact) mass is 981 g/mol. The van der Waals surface area contributed by atoms with Crippen LogP contribution in [0, 0.1) is 0 Å². The highest BCUT2D eigenvalue weighted by atomic mass is 16.6. The third kappa shape index (κ3) is 56.3. The van der Waals surface area contributed by atoms with Crippen LogP contribution in [0.15, 0.2) is 48.6 Å². The van der Waals surface area contributed by atoms with Gasteiger partial charge in [0.05, 0.1) is 0 Å². The van der Waals surface area contributed by atoms with Gasteiger partial charge in [-0.15, -0.1) is 0 Å². The van der Waals surface area contributed by atoms with Crippen molar-refractivity contribution >= 4 is 17.9 Å². The molecule has 0 radical (unpaired) electrons. The standard InChI is InChI=1S/C64H116O6/c1-4-7-10-13-16-19-22-25-28-31-33-36-39-42-45-48-51-54-57-63(66)69-60-61(59-68-62(65)56-53-50-47-44-41-38-35-30-27-24-21-18-15-12-9-6-3)70-64(67)58-55-52-49-46-43-40-37-34-32-29-26-23-20-17-14-11-8-5-2/h28,30-31,33,35-36,38,41,61H,4-27,29,32,34,37,39-40,42-60H2,1-3H3/b31-28-,35-30-,36-33-,41-38-. The molecule has 0 saturated heterocycles. The molecule has 0 rings (SSSR count). The van der Waals surface area contributed by atoms with Gasteiger partial charge in [-0.25, -0.2) is 0 Å². The minimum atomic E-state index is -0.789. The predicted molar refractivity (Wildman–Crippen MR) is 302 cm³/mol. The van der Waals surface area contributed by atoms with Crippen molar-refractivity contribution in [1.82, 2.24) is 0 Å². The molecule has 70 heavy (non-hydrogen) atoms.